The van der Waals surface area contributed by atoms with Gasteiger partial charge in [0.15, 0.2) is 5.69 Å². The van der Waals surface area contributed by atoms with Gasteiger partial charge in [-0.1, -0.05) is 34.3 Å². The van der Waals surface area contributed by atoms with E-state index in [0.717, 1.165) is 11.5 Å². The highest BCUT2D eigenvalue weighted by Crippen LogP contribution is 2.26. The fraction of sp³-hybridized carbons (Fsp3) is 0.0526. The van der Waals surface area contributed by atoms with Gasteiger partial charge < -0.3 is 9.88 Å². The summed E-state index contributed by atoms with van der Waals surface area (Å²) in [4.78, 5) is 29.0. The van der Waals surface area contributed by atoms with Crippen LogP contribution < -0.4 is 10.5 Å². The van der Waals surface area contributed by atoms with E-state index in [-0.39, 0.29) is 17.8 Å². The molecule has 2 aromatic carbocycles. The summed E-state index contributed by atoms with van der Waals surface area (Å²) in [7, 11) is 0. The molecule has 0 unspecified atom stereocenters. The molecule has 2 heterocycles. The minimum absolute atomic E-state index is 0.0283. The van der Waals surface area contributed by atoms with Crippen LogP contribution in [0.5, 0.6) is 0 Å². The highest BCUT2D eigenvalue weighted by atomic mass is 35.5. The molecule has 0 bridgehead atoms. The number of H-pyrrole nitrogens is 1. The van der Waals surface area contributed by atoms with Crippen LogP contribution in [0.3, 0.4) is 0 Å². The molecule has 9 heteroatoms. The maximum Gasteiger partial charge on any atom is 0.280 e. The topological polar surface area (TPSA) is 79.0 Å². The predicted molar refractivity (Wildman–Crippen MR) is 106 cm³/mol. The number of hydrogen-bond donors (Lipinski definition) is 1. The number of hydrogen-bond acceptors (Lipinski definition) is 5. The van der Waals surface area contributed by atoms with Gasteiger partial charge in [0.2, 0.25) is 5.56 Å². The lowest BCUT2D eigenvalue weighted by Gasteiger charge is -2.23. The van der Waals surface area contributed by atoms with Gasteiger partial charge in [0.1, 0.15) is 5.82 Å². The summed E-state index contributed by atoms with van der Waals surface area (Å²) in [6.07, 6.45) is 0. The third-order valence-electron chi connectivity index (χ3n) is 4.19. The zero-order valence-corrected chi connectivity index (χ0v) is 15.8. The number of para-hydroxylation sites is 1. The first-order chi connectivity index (χ1) is 13.5. The fourth-order valence-corrected chi connectivity index (χ4v) is 3.55. The summed E-state index contributed by atoms with van der Waals surface area (Å²) in [5.74, 6) is -0.943. The highest BCUT2D eigenvalue weighted by molar-refractivity contribution is 7.03. The molecule has 4 aromatic rings. The molecular weight excluding hydrogens is 403 g/mol. The molecule has 0 atom stereocenters. The summed E-state index contributed by atoms with van der Waals surface area (Å²) >= 11 is 7.15. The molecule has 1 N–H and O–H groups in total. The normalized spacial score (nSPS) is 10.9. The number of aromatic nitrogens is 3. The number of carbonyl (C=O) groups is 1. The number of nitrogens with zero attached hydrogens (tertiary/aromatic N) is 3. The number of rotatable bonds is 4. The van der Waals surface area contributed by atoms with E-state index in [1.807, 2.05) is 0 Å². The smallest absolute Gasteiger partial charge is 0.280 e. The largest absolute Gasteiger partial charge is 0.319 e. The van der Waals surface area contributed by atoms with Crippen molar-refractivity contribution in [1.82, 2.24) is 14.6 Å². The van der Waals surface area contributed by atoms with Gasteiger partial charge in [0.05, 0.1) is 12.1 Å². The molecule has 0 fully saturated rings. The Labute approximate surface area is 167 Å². The van der Waals surface area contributed by atoms with Crippen LogP contribution in [0, 0.1) is 5.82 Å². The first kappa shape index (κ1) is 18.3. The molecule has 0 aliphatic carbocycles. The molecule has 4 rings (SSSR count). The average Bonchev–Trinajstić information content (AvgIpc) is 3.21. The van der Waals surface area contributed by atoms with E-state index < -0.39 is 17.3 Å². The van der Waals surface area contributed by atoms with Crippen molar-refractivity contribution in [1.29, 1.82) is 0 Å². The summed E-state index contributed by atoms with van der Waals surface area (Å²) in [6.45, 7) is 0.0283. The van der Waals surface area contributed by atoms with Gasteiger partial charge in [-0.05, 0) is 41.4 Å². The molecule has 0 saturated heterocycles. The Kier molecular flexibility index (Phi) is 4.89. The monoisotopic (exact) mass is 414 g/mol. The van der Waals surface area contributed by atoms with Crippen LogP contribution in [0.4, 0.5) is 10.1 Å². The van der Waals surface area contributed by atoms with E-state index >= 15 is 0 Å². The predicted octanol–water partition coefficient (Wildman–Crippen LogP) is 4.02. The van der Waals surface area contributed by atoms with E-state index in [9.17, 15) is 14.0 Å². The van der Waals surface area contributed by atoms with Crippen LogP contribution in [-0.4, -0.2) is 20.5 Å². The van der Waals surface area contributed by atoms with Gasteiger partial charge in [-0.3, -0.25) is 9.59 Å². The zero-order valence-electron chi connectivity index (χ0n) is 14.2. The van der Waals surface area contributed by atoms with Crippen molar-refractivity contribution in [2.45, 2.75) is 6.54 Å². The first-order valence-electron chi connectivity index (χ1n) is 8.18. The summed E-state index contributed by atoms with van der Waals surface area (Å²) in [6, 6.07) is 12.6. The number of amides is 1. The molecule has 0 aliphatic rings. The molecule has 140 valence electrons. The third-order valence-corrected chi connectivity index (χ3v) is 4.93. The van der Waals surface area contributed by atoms with Crippen LogP contribution in [-0.2, 0) is 6.54 Å². The van der Waals surface area contributed by atoms with Gasteiger partial charge in [0.25, 0.3) is 5.91 Å². The third kappa shape index (κ3) is 3.51. The Balaban J connectivity index is 1.85. The van der Waals surface area contributed by atoms with E-state index in [4.69, 9.17) is 11.6 Å². The van der Waals surface area contributed by atoms with Crippen molar-refractivity contribution < 1.29 is 9.18 Å². The van der Waals surface area contributed by atoms with Crippen LogP contribution in [0.15, 0.2) is 58.7 Å². The molecule has 0 radical (unpaired) electrons. The van der Waals surface area contributed by atoms with E-state index in [0.29, 0.717) is 21.7 Å². The minimum Gasteiger partial charge on any atom is -0.319 e. The molecular formula is C19H12ClFN4O2S. The Hall–Kier alpha value is -3.10. The highest BCUT2D eigenvalue weighted by Gasteiger charge is 2.22. The van der Waals surface area contributed by atoms with Crippen molar-refractivity contribution in [3.05, 3.63) is 86.4 Å². The molecule has 1 amide bonds. The number of fused-ring (bicyclic) bond motifs is 1. The number of carbonyl (C=O) groups excluding carboxylic acids is 1. The number of nitrogens with one attached hydrogen (secondary N) is 1. The second-order valence-electron chi connectivity index (χ2n) is 5.98. The fourth-order valence-electron chi connectivity index (χ4n) is 2.94. The summed E-state index contributed by atoms with van der Waals surface area (Å²) in [5.41, 5.74) is 0.829. The molecule has 6 nitrogen and oxygen atoms in total. The van der Waals surface area contributed by atoms with Gasteiger partial charge >= 0.3 is 0 Å². The standard InChI is InChI=1S/C19H12ClFN4O2S/c20-12-3-1-4-13(8-12)25(19(27)16-10-28-24-23-16)9-11-7-17(26)22-18-14(11)5-2-6-15(18)21/h1-8,10H,9H2,(H,22,26). The number of pyridine rings is 1. The number of halogens is 2. The lowest BCUT2D eigenvalue weighted by Crippen LogP contribution is -2.31. The Morgan fingerprint density at radius 2 is 2.04 bits per heavy atom. The molecule has 2 aromatic heterocycles. The van der Waals surface area contributed by atoms with Crippen molar-refractivity contribution in [2.75, 3.05) is 4.90 Å². The van der Waals surface area contributed by atoms with Crippen molar-refractivity contribution in [3.8, 4) is 0 Å². The molecule has 0 spiro atoms. The Morgan fingerprint density at radius 3 is 2.79 bits per heavy atom. The summed E-state index contributed by atoms with van der Waals surface area (Å²) < 4.78 is 17.9. The minimum atomic E-state index is -0.541. The molecule has 0 saturated carbocycles. The second kappa shape index (κ2) is 7.49. The Bertz CT molecular complexity index is 1230. The van der Waals surface area contributed by atoms with E-state index in [2.05, 4.69) is 14.6 Å². The van der Waals surface area contributed by atoms with Crippen LogP contribution in [0.25, 0.3) is 10.9 Å². The lowest BCUT2D eigenvalue weighted by atomic mass is 10.1. The first-order valence-corrected chi connectivity index (χ1v) is 9.39. The summed E-state index contributed by atoms with van der Waals surface area (Å²) in [5, 5.41) is 6.34. The van der Waals surface area contributed by atoms with Gasteiger partial charge in [-0.15, -0.1) is 5.10 Å². The number of aromatic amines is 1. The maximum absolute atomic E-state index is 14.2. The van der Waals surface area contributed by atoms with Gasteiger partial charge in [0, 0.05) is 27.5 Å². The van der Waals surface area contributed by atoms with Crippen molar-refractivity contribution >= 4 is 45.6 Å². The van der Waals surface area contributed by atoms with Gasteiger partial charge in [-0.25, -0.2) is 4.39 Å². The van der Waals surface area contributed by atoms with E-state index in [1.165, 1.54) is 22.4 Å². The maximum atomic E-state index is 14.2. The van der Waals surface area contributed by atoms with Crippen molar-refractivity contribution in [2.24, 2.45) is 0 Å². The average molecular weight is 415 g/mol. The quantitative estimate of drug-likeness (QED) is 0.547. The number of anilines is 1. The van der Waals surface area contributed by atoms with Gasteiger partial charge in [-0.2, -0.15) is 0 Å². The van der Waals surface area contributed by atoms with Crippen molar-refractivity contribution in [3.63, 3.8) is 0 Å². The lowest BCUT2D eigenvalue weighted by molar-refractivity contribution is 0.0980. The van der Waals surface area contributed by atoms with Crippen LogP contribution in [0.2, 0.25) is 5.02 Å². The molecule has 28 heavy (non-hydrogen) atoms. The SMILES string of the molecule is O=C(c1csnn1)N(Cc1cc(=O)[nH]c2c(F)cccc12)c1cccc(Cl)c1. The van der Waals surface area contributed by atoms with Crippen LogP contribution >= 0.6 is 23.1 Å². The van der Waals surface area contributed by atoms with Crippen LogP contribution in [0.1, 0.15) is 16.1 Å². The Morgan fingerprint density at radius 1 is 1.21 bits per heavy atom. The van der Waals surface area contributed by atoms with E-state index in [1.54, 1.807) is 36.4 Å². The second-order valence-corrected chi connectivity index (χ2v) is 7.03. The molecule has 0 aliphatic heterocycles. The number of benzene rings is 2. The zero-order chi connectivity index (χ0) is 19.7.